The van der Waals surface area contributed by atoms with Gasteiger partial charge in [0.2, 0.25) is 0 Å². The van der Waals surface area contributed by atoms with E-state index in [-0.39, 0.29) is 23.3 Å². The Balaban J connectivity index is 3.10. The SMILES string of the molecule is N#Cc1cccc(CC(=O)O)c1O. The van der Waals surface area contributed by atoms with Gasteiger partial charge in [-0.05, 0) is 6.07 Å². The van der Waals surface area contributed by atoms with Crippen LogP contribution in [0, 0.1) is 11.3 Å². The first-order valence-corrected chi connectivity index (χ1v) is 3.58. The number of phenols is 1. The van der Waals surface area contributed by atoms with Gasteiger partial charge in [0.15, 0.2) is 0 Å². The molecule has 66 valence electrons. The van der Waals surface area contributed by atoms with Crippen molar-refractivity contribution in [1.82, 2.24) is 0 Å². The molecule has 1 aromatic carbocycles. The first-order valence-electron chi connectivity index (χ1n) is 3.58. The summed E-state index contributed by atoms with van der Waals surface area (Å²) in [6, 6.07) is 6.21. The standard InChI is InChI=1S/C9H7NO3/c10-5-7-3-1-2-6(9(7)13)4-8(11)12/h1-3,13H,4H2,(H,11,12). The number of carbonyl (C=O) groups is 1. The number of carboxylic acid groups (broad SMARTS) is 1. The second-order valence-corrected chi connectivity index (χ2v) is 2.50. The Bertz CT molecular complexity index is 379. The molecule has 0 bridgehead atoms. The number of aliphatic carboxylic acids is 1. The third-order valence-electron chi connectivity index (χ3n) is 1.58. The summed E-state index contributed by atoms with van der Waals surface area (Å²) < 4.78 is 0. The van der Waals surface area contributed by atoms with Gasteiger partial charge in [0.05, 0.1) is 12.0 Å². The van der Waals surface area contributed by atoms with E-state index in [2.05, 4.69) is 0 Å². The van der Waals surface area contributed by atoms with Crippen molar-refractivity contribution in [3.63, 3.8) is 0 Å². The number of hydrogen-bond donors (Lipinski definition) is 2. The van der Waals surface area contributed by atoms with E-state index in [1.807, 2.05) is 0 Å². The predicted octanol–water partition coefficient (Wildman–Crippen LogP) is 0.891. The number of nitrogens with zero attached hydrogens (tertiary/aromatic N) is 1. The lowest BCUT2D eigenvalue weighted by molar-refractivity contribution is -0.136. The van der Waals surface area contributed by atoms with Crippen LogP contribution >= 0.6 is 0 Å². The number of carboxylic acids is 1. The molecule has 0 fully saturated rings. The largest absolute Gasteiger partial charge is 0.506 e. The zero-order valence-corrected chi connectivity index (χ0v) is 6.69. The van der Waals surface area contributed by atoms with Crippen molar-refractivity contribution in [1.29, 1.82) is 5.26 Å². The topological polar surface area (TPSA) is 81.3 Å². The fourth-order valence-corrected chi connectivity index (χ4v) is 0.987. The average Bonchev–Trinajstić information content (AvgIpc) is 2.08. The lowest BCUT2D eigenvalue weighted by atomic mass is 10.1. The van der Waals surface area contributed by atoms with Gasteiger partial charge in [0.1, 0.15) is 11.8 Å². The molecule has 0 aromatic heterocycles. The van der Waals surface area contributed by atoms with Crippen molar-refractivity contribution in [2.75, 3.05) is 0 Å². The molecule has 1 aromatic rings. The molecular formula is C9H7NO3. The molecule has 0 atom stereocenters. The molecule has 0 aliphatic rings. The Morgan fingerprint density at radius 1 is 1.54 bits per heavy atom. The summed E-state index contributed by atoms with van der Waals surface area (Å²) in [4.78, 5) is 10.3. The minimum Gasteiger partial charge on any atom is -0.506 e. The molecule has 4 heteroatoms. The summed E-state index contributed by atoms with van der Waals surface area (Å²) in [6.07, 6.45) is -0.276. The molecule has 0 saturated heterocycles. The molecule has 2 N–H and O–H groups in total. The highest BCUT2D eigenvalue weighted by Gasteiger charge is 2.08. The number of benzene rings is 1. The quantitative estimate of drug-likeness (QED) is 0.702. The molecule has 0 radical (unpaired) electrons. The highest BCUT2D eigenvalue weighted by molar-refractivity contribution is 5.72. The monoisotopic (exact) mass is 177 g/mol. The van der Waals surface area contributed by atoms with E-state index in [0.717, 1.165) is 0 Å². The van der Waals surface area contributed by atoms with Crippen LogP contribution in [0.3, 0.4) is 0 Å². The second kappa shape index (κ2) is 3.59. The molecule has 0 aliphatic heterocycles. The van der Waals surface area contributed by atoms with Crippen LogP contribution in [0.25, 0.3) is 0 Å². The predicted molar refractivity (Wildman–Crippen MR) is 44.2 cm³/mol. The number of phenolic OH excluding ortho intramolecular Hbond substituents is 1. The van der Waals surface area contributed by atoms with Gasteiger partial charge in [-0.3, -0.25) is 4.79 Å². The summed E-state index contributed by atoms with van der Waals surface area (Å²) in [5, 5.41) is 26.3. The fourth-order valence-electron chi connectivity index (χ4n) is 0.987. The Kier molecular flexibility index (Phi) is 2.50. The number of hydrogen-bond acceptors (Lipinski definition) is 3. The van der Waals surface area contributed by atoms with Crippen molar-refractivity contribution in [3.05, 3.63) is 29.3 Å². The summed E-state index contributed by atoms with van der Waals surface area (Å²) in [5.41, 5.74) is 0.352. The van der Waals surface area contributed by atoms with Crippen LogP contribution in [-0.4, -0.2) is 16.2 Å². The molecule has 0 amide bonds. The van der Waals surface area contributed by atoms with E-state index < -0.39 is 5.97 Å². The Morgan fingerprint density at radius 3 is 2.77 bits per heavy atom. The first kappa shape index (κ1) is 9.07. The van der Waals surface area contributed by atoms with Gasteiger partial charge in [-0.15, -0.1) is 0 Å². The maximum Gasteiger partial charge on any atom is 0.307 e. The van der Waals surface area contributed by atoms with Crippen molar-refractivity contribution >= 4 is 5.97 Å². The Morgan fingerprint density at radius 2 is 2.23 bits per heavy atom. The minimum absolute atomic E-state index is 0.0961. The van der Waals surface area contributed by atoms with E-state index in [1.54, 1.807) is 6.07 Å². The van der Waals surface area contributed by atoms with Crippen molar-refractivity contribution in [3.8, 4) is 11.8 Å². The van der Waals surface area contributed by atoms with Gasteiger partial charge in [0.25, 0.3) is 0 Å². The van der Waals surface area contributed by atoms with Crippen LogP contribution < -0.4 is 0 Å². The van der Waals surface area contributed by atoms with Crippen LogP contribution in [0.5, 0.6) is 5.75 Å². The van der Waals surface area contributed by atoms with Gasteiger partial charge in [0, 0.05) is 5.56 Å². The molecule has 0 spiro atoms. The number of para-hydroxylation sites is 1. The van der Waals surface area contributed by atoms with E-state index in [0.29, 0.717) is 0 Å². The molecule has 0 saturated carbocycles. The van der Waals surface area contributed by atoms with E-state index in [4.69, 9.17) is 10.4 Å². The zero-order chi connectivity index (χ0) is 9.84. The fraction of sp³-hybridized carbons (Fsp3) is 0.111. The molecule has 13 heavy (non-hydrogen) atoms. The molecule has 4 nitrogen and oxygen atoms in total. The molecule has 1 rings (SSSR count). The zero-order valence-electron chi connectivity index (χ0n) is 6.69. The first-order chi connectivity index (χ1) is 6.15. The van der Waals surface area contributed by atoms with Crippen LogP contribution in [-0.2, 0) is 11.2 Å². The Hall–Kier alpha value is -2.02. The smallest absolute Gasteiger partial charge is 0.307 e. The van der Waals surface area contributed by atoms with Gasteiger partial charge in [-0.2, -0.15) is 5.26 Å². The van der Waals surface area contributed by atoms with E-state index >= 15 is 0 Å². The number of rotatable bonds is 2. The van der Waals surface area contributed by atoms with Gasteiger partial charge >= 0.3 is 5.97 Å². The summed E-state index contributed by atoms with van der Waals surface area (Å²) >= 11 is 0. The normalized spacial score (nSPS) is 9.15. The lowest BCUT2D eigenvalue weighted by Gasteiger charge is -2.01. The summed E-state index contributed by atoms with van der Waals surface area (Å²) in [7, 11) is 0. The molecule has 0 unspecified atom stereocenters. The maximum atomic E-state index is 10.3. The van der Waals surface area contributed by atoms with Crippen LogP contribution in [0.4, 0.5) is 0 Å². The highest BCUT2D eigenvalue weighted by Crippen LogP contribution is 2.21. The summed E-state index contributed by atoms with van der Waals surface area (Å²) in [6.45, 7) is 0. The van der Waals surface area contributed by atoms with Gasteiger partial charge < -0.3 is 10.2 Å². The molecule has 0 heterocycles. The third-order valence-corrected chi connectivity index (χ3v) is 1.58. The lowest BCUT2D eigenvalue weighted by Crippen LogP contribution is -2.00. The van der Waals surface area contributed by atoms with Gasteiger partial charge in [-0.1, -0.05) is 12.1 Å². The molecular weight excluding hydrogens is 170 g/mol. The van der Waals surface area contributed by atoms with Crippen molar-refractivity contribution < 1.29 is 15.0 Å². The Labute approximate surface area is 74.7 Å². The number of aromatic hydroxyl groups is 1. The van der Waals surface area contributed by atoms with E-state index in [1.165, 1.54) is 18.2 Å². The average molecular weight is 177 g/mol. The molecule has 0 aliphatic carbocycles. The van der Waals surface area contributed by atoms with Crippen molar-refractivity contribution in [2.24, 2.45) is 0 Å². The van der Waals surface area contributed by atoms with Gasteiger partial charge in [-0.25, -0.2) is 0 Å². The highest BCUT2D eigenvalue weighted by atomic mass is 16.4. The third kappa shape index (κ3) is 1.97. The van der Waals surface area contributed by atoms with Crippen molar-refractivity contribution in [2.45, 2.75) is 6.42 Å². The van der Waals surface area contributed by atoms with Crippen LogP contribution in [0.1, 0.15) is 11.1 Å². The van der Waals surface area contributed by atoms with Crippen LogP contribution in [0.15, 0.2) is 18.2 Å². The number of nitriles is 1. The van der Waals surface area contributed by atoms with E-state index in [9.17, 15) is 9.90 Å². The maximum absolute atomic E-state index is 10.3. The minimum atomic E-state index is -1.04. The summed E-state index contributed by atoms with van der Waals surface area (Å²) in [5.74, 6) is -1.28. The van der Waals surface area contributed by atoms with Crippen LogP contribution in [0.2, 0.25) is 0 Å². The second-order valence-electron chi connectivity index (χ2n) is 2.50.